The lowest BCUT2D eigenvalue weighted by Crippen LogP contribution is -2.27. The molecule has 136 valence electrons. The van der Waals surface area contributed by atoms with E-state index in [-0.39, 0.29) is 12.7 Å². The van der Waals surface area contributed by atoms with Gasteiger partial charge in [0.2, 0.25) is 12.7 Å². The molecule has 2 aromatic carbocycles. The number of amides is 1. The maximum absolute atomic E-state index is 12.9. The number of nitrogens with zero attached hydrogens (tertiary/aromatic N) is 1. The number of thiazole rings is 1. The number of hydrogen-bond donors (Lipinski definition) is 1. The summed E-state index contributed by atoms with van der Waals surface area (Å²) in [6.07, 6.45) is 4.33. The average Bonchev–Trinajstić information content (AvgIpc) is 3.17. The van der Waals surface area contributed by atoms with E-state index in [0.29, 0.717) is 10.9 Å². The Morgan fingerprint density at radius 2 is 1.93 bits per heavy atom. The Balaban J connectivity index is 1.30. The minimum absolute atomic E-state index is 0.00183. The summed E-state index contributed by atoms with van der Waals surface area (Å²) in [5.41, 5.74) is 1.73. The number of hydrogen-bond acceptors (Lipinski definition) is 5. The largest absolute Gasteiger partial charge is 0.454 e. The van der Waals surface area contributed by atoms with Crippen molar-refractivity contribution in [2.24, 2.45) is 0 Å². The number of carbonyl (C=O) groups excluding carboxylic acids is 1. The van der Waals surface area contributed by atoms with E-state index in [9.17, 15) is 4.79 Å². The Morgan fingerprint density at radius 1 is 1.11 bits per heavy atom. The van der Waals surface area contributed by atoms with Crippen molar-refractivity contribution in [3.8, 4) is 11.5 Å². The van der Waals surface area contributed by atoms with E-state index in [1.165, 1.54) is 16.9 Å². The van der Waals surface area contributed by atoms with Gasteiger partial charge >= 0.3 is 0 Å². The van der Waals surface area contributed by atoms with E-state index in [2.05, 4.69) is 22.4 Å². The van der Waals surface area contributed by atoms with E-state index >= 15 is 0 Å². The van der Waals surface area contributed by atoms with Crippen LogP contribution < -0.4 is 14.8 Å². The zero-order chi connectivity index (χ0) is 18.3. The van der Waals surface area contributed by atoms with Crippen LogP contribution in [0, 0.1) is 0 Å². The number of aromatic nitrogens is 1. The Hall–Kier alpha value is -2.86. The van der Waals surface area contributed by atoms with Gasteiger partial charge in [0.1, 0.15) is 0 Å². The van der Waals surface area contributed by atoms with Crippen LogP contribution in [-0.2, 0) is 16.6 Å². The van der Waals surface area contributed by atoms with Gasteiger partial charge in [-0.2, -0.15) is 0 Å². The normalized spacial score (nSPS) is 16.1. The predicted molar refractivity (Wildman–Crippen MR) is 103 cm³/mol. The predicted octanol–water partition coefficient (Wildman–Crippen LogP) is 4.13. The highest BCUT2D eigenvalue weighted by Crippen LogP contribution is 2.51. The summed E-state index contributed by atoms with van der Waals surface area (Å²) < 4.78 is 10.8. The Labute approximate surface area is 161 Å². The maximum atomic E-state index is 12.9. The summed E-state index contributed by atoms with van der Waals surface area (Å²) in [4.78, 5) is 18.5. The van der Waals surface area contributed by atoms with E-state index in [0.717, 1.165) is 35.5 Å². The molecule has 0 radical (unpaired) electrons. The molecule has 1 saturated carbocycles. The van der Waals surface area contributed by atoms with Crippen LogP contribution in [0.25, 0.3) is 0 Å². The molecular formula is C21H18N2O3S. The summed E-state index contributed by atoms with van der Waals surface area (Å²) in [6, 6.07) is 16.0. The van der Waals surface area contributed by atoms with E-state index < -0.39 is 5.41 Å². The quantitative estimate of drug-likeness (QED) is 0.725. The van der Waals surface area contributed by atoms with Crippen molar-refractivity contribution in [1.82, 2.24) is 4.98 Å². The number of anilines is 1. The van der Waals surface area contributed by atoms with Gasteiger partial charge in [-0.15, -0.1) is 11.3 Å². The summed E-state index contributed by atoms with van der Waals surface area (Å²) in [6.45, 7) is 0.237. The van der Waals surface area contributed by atoms with Crippen LogP contribution in [-0.4, -0.2) is 17.7 Å². The molecule has 1 aromatic heterocycles. The molecule has 1 N–H and O–H groups in total. The van der Waals surface area contributed by atoms with Gasteiger partial charge in [-0.25, -0.2) is 4.98 Å². The molecule has 1 aliphatic heterocycles. The van der Waals surface area contributed by atoms with Crippen molar-refractivity contribution >= 4 is 22.4 Å². The average molecular weight is 378 g/mol. The molecule has 2 aliphatic rings. The van der Waals surface area contributed by atoms with Crippen LogP contribution in [0.3, 0.4) is 0 Å². The van der Waals surface area contributed by atoms with Gasteiger partial charge in [0.15, 0.2) is 16.6 Å². The smallest absolute Gasteiger partial charge is 0.236 e. The molecule has 6 heteroatoms. The van der Waals surface area contributed by atoms with Crippen LogP contribution in [0.1, 0.15) is 28.8 Å². The molecule has 0 unspecified atom stereocenters. The lowest BCUT2D eigenvalue weighted by Gasteiger charge is -2.15. The molecule has 1 fully saturated rings. The standard InChI is InChI=1S/C21H18N2O3S/c24-19(21(8-9-21)15-6-7-17-18(11-15)26-13-25-17)23-20-22-12-16(27-20)10-14-4-2-1-3-5-14/h1-7,11-12H,8-10,13H2,(H,22,23,24). The third-order valence-electron chi connectivity index (χ3n) is 5.11. The van der Waals surface area contributed by atoms with Crippen molar-refractivity contribution in [2.45, 2.75) is 24.7 Å². The number of fused-ring (bicyclic) bond motifs is 1. The third kappa shape index (κ3) is 3.06. The summed E-state index contributed by atoms with van der Waals surface area (Å²) in [5.74, 6) is 1.45. The van der Waals surface area contributed by atoms with Crippen LogP contribution in [0.2, 0.25) is 0 Å². The van der Waals surface area contributed by atoms with E-state index in [1.807, 2.05) is 42.6 Å². The van der Waals surface area contributed by atoms with Gasteiger partial charge in [0, 0.05) is 17.5 Å². The first kappa shape index (κ1) is 16.3. The molecule has 27 heavy (non-hydrogen) atoms. The second-order valence-corrected chi connectivity index (χ2v) is 8.01. The van der Waals surface area contributed by atoms with Gasteiger partial charge in [0.25, 0.3) is 0 Å². The lowest BCUT2D eigenvalue weighted by molar-refractivity contribution is -0.118. The highest BCUT2D eigenvalue weighted by Gasteiger charge is 2.52. The summed E-state index contributed by atoms with van der Waals surface area (Å²) in [5, 5.41) is 3.66. The number of rotatable bonds is 5. The molecule has 1 aliphatic carbocycles. The van der Waals surface area contributed by atoms with Crippen LogP contribution in [0.4, 0.5) is 5.13 Å². The summed E-state index contributed by atoms with van der Waals surface area (Å²) >= 11 is 1.53. The van der Waals surface area contributed by atoms with Crippen LogP contribution in [0.15, 0.2) is 54.7 Å². The minimum Gasteiger partial charge on any atom is -0.454 e. The van der Waals surface area contributed by atoms with Crippen molar-refractivity contribution in [3.05, 3.63) is 70.7 Å². The van der Waals surface area contributed by atoms with Gasteiger partial charge < -0.3 is 14.8 Å². The zero-order valence-corrected chi connectivity index (χ0v) is 15.4. The first-order valence-electron chi connectivity index (χ1n) is 8.93. The van der Waals surface area contributed by atoms with E-state index in [1.54, 1.807) is 0 Å². The Bertz CT molecular complexity index is 996. The molecule has 0 atom stereocenters. The molecule has 0 bridgehead atoms. The van der Waals surface area contributed by atoms with Gasteiger partial charge in [0.05, 0.1) is 5.41 Å². The van der Waals surface area contributed by atoms with Crippen molar-refractivity contribution < 1.29 is 14.3 Å². The highest BCUT2D eigenvalue weighted by molar-refractivity contribution is 7.15. The maximum Gasteiger partial charge on any atom is 0.236 e. The van der Waals surface area contributed by atoms with Crippen LogP contribution in [0.5, 0.6) is 11.5 Å². The number of carbonyl (C=O) groups is 1. The minimum atomic E-state index is -0.480. The monoisotopic (exact) mass is 378 g/mol. The molecule has 2 heterocycles. The zero-order valence-electron chi connectivity index (χ0n) is 14.6. The van der Waals surface area contributed by atoms with Crippen molar-refractivity contribution in [2.75, 3.05) is 12.1 Å². The fraction of sp³-hybridized carbons (Fsp3) is 0.238. The van der Waals surface area contributed by atoms with Crippen LogP contribution >= 0.6 is 11.3 Å². The second kappa shape index (κ2) is 6.39. The lowest BCUT2D eigenvalue weighted by atomic mass is 9.94. The number of ether oxygens (including phenoxy) is 2. The first-order valence-corrected chi connectivity index (χ1v) is 9.75. The van der Waals surface area contributed by atoms with Crippen molar-refractivity contribution in [3.63, 3.8) is 0 Å². The number of benzene rings is 2. The Morgan fingerprint density at radius 3 is 2.74 bits per heavy atom. The van der Waals surface area contributed by atoms with Crippen molar-refractivity contribution in [1.29, 1.82) is 0 Å². The Kier molecular flexibility index (Phi) is 3.86. The SMILES string of the molecule is O=C(Nc1ncc(Cc2ccccc2)s1)C1(c2ccc3c(c2)OCO3)CC1. The molecule has 5 rings (SSSR count). The van der Waals surface area contributed by atoms with E-state index in [4.69, 9.17) is 9.47 Å². The number of nitrogens with one attached hydrogen (secondary N) is 1. The fourth-order valence-corrected chi connectivity index (χ4v) is 4.27. The van der Waals surface area contributed by atoms with Gasteiger partial charge in [-0.3, -0.25) is 4.79 Å². The van der Waals surface area contributed by atoms with Gasteiger partial charge in [-0.1, -0.05) is 36.4 Å². The molecule has 1 amide bonds. The van der Waals surface area contributed by atoms with Gasteiger partial charge in [-0.05, 0) is 36.1 Å². The second-order valence-electron chi connectivity index (χ2n) is 6.90. The molecule has 5 nitrogen and oxygen atoms in total. The fourth-order valence-electron chi connectivity index (χ4n) is 3.43. The highest BCUT2D eigenvalue weighted by atomic mass is 32.1. The molecule has 0 spiro atoms. The summed E-state index contributed by atoms with van der Waals surface area (Å²) in [7, 11) is 0. The molecule has 3 aromatic rings. The molecule has 0 saturated heterocycles. The first-order chi connectivity index (χ1) is 13.2. The third-order valence-corrected chi connectivity index (χ3v) is 6.02. The topological polar surface area (TPSA) is 60.5 Å². The molecular weight excluding hydrogens is 360 g/mol.